The molecule has 3 nitrogen and oxygen atoms in total. The van der Waals surface area contributed by atoms with Crippen molar-refractivity contribution in [1.29, 1.82) is 0 Å². The van der Waals surface area contributed by atoms with Crippen molar-refractivity contribution in [1.82, 2.24) is 5.32 Å². The maximum absolute atomic E-state index is 13.8. The van der Waals surface area contributed by atoms with Crippen LogP contribution in [0.4, 0.5) is 4.39 Å². The van der Waals surface area contributed by atoms with E-state index >= 15 is 0 Å². The summed E-state index contributed by atoms with van der Waals surface area (Å²) >= 11 is 0. The van der Waals surface area contributed by atoms with Crippen LogP contribution in [0.25, 0.3) is 11.0 Å². The molecule has 0 spiro atoms. The predicted molar refractivity (Wildman–Crippen MR) is 86.0 cm³/mol. The third-order valence-corrected chi connectivity index (χ3v) is 4.46. The highest BCUT2D eigenvalue weighted by Gasteiger charge is 2.40. The van der Waals surface area contributed by atoms with Crippen LogP contribution in [0.1, 0.15) is 34.0 Å². The molecule has 4 rings (SSSR count). The topological polar surface area (TPSA) is 42.2 Å². The zero-order chi connectivity index (χ0) is 16.0. The molecule has 2 atom stereocenters. The van der Waals surface area contributed by atoms with E-state index in [1.807, 2.05) is 18.2 Å². The number of hydrogen-bond donors (Lipinski definition) is 1. The zero-order valence-electron chi connectivity index (χ0n) is 12.7. The molecule has 0 bridgehead atoms. The Balaban J connectivity index is 1.55. The van der Waals surface area contributed by atoms with E-state index in [1.54, 1.807) is 19.1 Å². The first-order chi connectivity index (χ1) is 11.1. The lowest BCUT2D eigenvalue weighted by molar-refractivity contribution is 0.0923. The average Bonchev–Trinajstić information content (AvgIpc) is 3.24. The van der Waals surface area contributed by atoms with Gasteiger partial charge < -0.3 is 9.73 Å². The Morgan fingerprint density at radius 1 is 1.17 bits per heavy atom. The van der Waals surface area contributed by atoms with Gasteiger partial charge in [-0.2, -0.15) is 0 Å². The molecule has 1 aliphatic rings. The van der Waals surface area contributed by atoms with E-state index in [4.69, 9.17) is 4.42 Å². The van der Waals surface area contributed by atoms with Gasteiger partial charge in [-0.3, -0.25) is 4.79 Å². The van der Waals surface area contributed by atoms with Crippen LogP contribution in [0.3, 0.4) is 0 Å². The number of hydrogen-bond acceptors (Lipinski definition) is 2. The van der Waals surface area contributed by atoms with Crippen molar-refractivity contribution in [2.24, 2.45) is 0 Å². The Bertz CT molecular complexity index is 885. The number of benzene rings is 2. The highest BCUT2D eigenvalue weighted by atomic mass is 19.1. The normalized spacial score (nSPS) is 19.7. The summed E-state index contributed by atoms with van der Waals surface area (Å²) in [7, 11) is 0. The molecule has 2 aromatic carbocycles. The average molecular weight is 309 g/mol. The maximum Gasteiger partial charge on any atom is 0.287 e. The number of nitrogens with one attached hydrogen (secondary N) is 1. The molecule has 1 N–H and O–H groups in total. The van der Waals surface area contributed by atoms with E-state index in [0.717, 1.165) is 6.42 Å². The summed E-state index contributed by atoms with van der Waals surface area (Å²) in [6, 6.07) is 14.9. The van der Waals surface area contributed by atoms with Crippen molar-refractivity contribution in [3.05, 3.63) is 71.2 Å². The van der Waals surface area contributed by atoms with Gasteiger partial charge in [0, 0.05) is 22.9 Å². The number of amides is 1. The zero-order valence-corrected chi connectivity index (χ0v) is 12.7. The van der Waals surface area contributed by atoms with E-state index < -0.39 is 5.82 Å². The lowest BCUT2D eigenvalue weighted by Gasteiger charge is -2.03. The molecule has 1 heterocycles. The minimum absolute atomic E-state index is 0.113. The Hall–Kier alpha value is -2.62. The molecule has 0 unspecified atom stereocenters. The maximum atomic E-state index is 13.8. The van der Waals surface area contributed by atoms with Gasteiger partial charge in [-0.05, 0) is 25.0 Å². The molecule has 3 aromatic rings. The first-order valence-electron chi connectivity index (χ1n) is 7.68. The molecule has 0 aliphatic heterocycles. The Kier molecular flexibility index (Phi) is 3.18. The second kappa shape index (κ2) is 5.23. The van der Waals surface area contributed by atoms with Crippen molar-refractivity contribution >= 4 is 16.9 Å². The molecule has 4 heteroatoms. The van der Waals surface area contributed by atoms with E-state index in [9.17, 15) is 9.18 Å². The number of carbonyl (C=O) groups excluding carboxylic acids is 1. The van der Waals surface area contributed by atoms with Crippen LogP contribution < -0.4 is 5.32 Å². The van der Waals surface area contributed by atoms with Crippen LogP contribution in [0, 0.1) is 12.7 Å². The summed E-state index contributed by atoms with van der Waals surface area (Å²) < 4.78 is 19.2. The third-order valence-electron chi connectivity index (χ3n) is 4.46. The van der Waals surface area contributed by atoms with Crippen LogP contribution in [-0.4, -0.2) is 11.9 Å². The fraction of sp³-hybridized carbons (Fsp3) is 0.211. The van der Waals surface area contributed by atoms with Crippen LogP contribution in [0.5, 0.6) is 0 Å². The Labute approximate surface area is 133 Å². The van der Waals surface area contributed by atoms with Crippen LogP contribution in [0.15, 0.2) is 52.9 Å². The molecule has 0 saturated heterocycles. The molecule has 1 aromatic heterocycles. The third kappa shape index (κ3) is 2.40. The minimum atomic E-state index is -0.446. The fourth-order valence-corrected chi connectivity index (χ4v) is 3.08. The summed E-state index contributed by atoms with van der Waals surface area (Å²) in [5, 5.41) is 3.63. The number of halogens is 1. The standard InChI is InChI=1S/C19H16FNO2/c1-11-13-8-5-9-15(20)18(13)23-17(11)19(22)21-16-10-14(16)12-6-3-2-4-7-12/h2-9,14,16H,10H2,1H3,(H,21,22)/t14-,16+/m0/s1. The van der Waals surface area contributed by atoms with Crippen LogP contribution in [0.2, 0.25) is 0 Å². The molecular weight excluding hydrogens is 293 g/mol. The van der Waals surface area contributed by atoms with Gasteiger partial charge in [-0.1, -0.05) is 42.5 Å². The van der Waals surface area contributed by atoms with Crippen molar-refractivity contribution in [2.45, 2.75) is 25.3 Å². The molecule has 1 aliphatic carbocycles. The van der Waals surface area contributed by atoms with Gasteiger partial charge in [0.25, 0.3) is 5.91 Å². The molecule has 0 radical (unpaired) electrons. The molecule has 1 fully saturated rings. The summed E-state index contributed by atoms with van der Waals surface area (Å²) in [6.07, 6.45) is 0.920. The minimum Gasteiger partial charge on any atom is -0.448 e. The van der Waals surface area contributed by atoms with Crippen molar-refractivity contribution in [3.8, 4) is 0 Å². The lowest BCUT2D eigenvalue weighted by Crippen LogP contribution is -2.26. The molecular formula is C19H16FNO2. The largest absolute Gasteiger partial charge is 0.448 e. The van der Waals surface area contributed by atoms with Crippen molar-refractivity contribution in [3.63, 3.8) is 0 Å². The summed E-state index contributed by atoms with van der Waals surface area (Å²) in [5.41, 5.74) is 2.05. The molecule has 116 valence electrons. The van der Waals surface area contributed by atoms with E-state index in [0.29, 0.717) is 16.9 Å². The lowest BCUT2D eigenvalue weighted by atomic mass is 10.1. The van der Waals surface area contributed by atoms with Crippen molar-refractivity contribution in [2.75, 3.05) is 0 Å². The number of para-hydroxylation sites is 1. The molecule has 1 saturated carbocycles. The number of aryl methyl sites for hydroxylation is 1. The van der Waals surface area contributed by atoms with Crippen LogP contribution in [-0.2, 0) is 0 Å². The van der Waals surface area contributed by atoms with Gasteiger partial charge in [-0.15, -0.1) is 0 Å². The summed E-state index contributed by atoms with van der Waals surface area (Å²) in [4.78, 5) is 12.4. The van der Waals surface area contributed by atoms with Gasteiger partial charge in [-0.25, -0.2) is 4.39 Å². The number of furan rings is 1. The smallest absolute Gasteiger partial charge is 0.287 e. The molecule has 23 heavy (non-hydrogen) atoms. The second-order valence-electron chi connectivity index (χ2n) is 6.01. The predicted octanol–water partition coefficient (Wildman–Crippen LogP) is 4.17. The van der Waals surface area contributed by atoms with Gasteiger partial charge in [0.05, 0.1) is 0 Å². The highest BCUT2D eigenvalue weighted by Crippen LogP contribution is 2.41. The first kappa shape index (κ1) is 14.0. The van der Waals surface area contributed by atoms with Gasteiger partial charge in [0.15, 0.2) is 17.2 Å². The first-order valence-corrected chi connectivity index (χ1v) is 7.68. The number of carbonyl (C=O) groups is 1. The van der Waals surface area contributed by atoms with E-state index in [2.05, 4.69) is 17.4 Å². The van der Waals surface area contributed by atoms with Gasteiger partial charge in [0.2, 0.25) is 0 Å². The fourth-order valence-electron chi connectivity index (χ4n) is 3.08. The summed E-state index contributed by atoms with van der Waals surface area (Å²) in [5.74, 6) is -0.176. The number of rotatable bonds is 3. The van der Waals surface area contributed by atoms with E-state index in [1.165, 1.54) is 11.6 Å². The highest BCUT2D eigenvalue weighted by molar-refractivity contribution is 5.99. The Morgan fingerprint density at radius 3 is 2.70 bits per heavy atom. The van der Waals surface area contributed by atoms with Gasteiger partial charge >= 0.3 is 0 Å². The summed E-state index contributed by atoms with van der Waals surface area (Å²) in [6.45, 7) is 1.78. The second-order valence-corrected chi connectivity index (χ2v) is 6.01. The van der Waals surface area contributed by atoms with Gasteiger partial charge in [0.1, 0.15) is 0 Å². The monoisotopic (exact) mass is 309 g/mol. The molecule has 1 amide bonds. The number of fused-ring (bicyclic) bond motifs is 1. The Morgan fingerprint density at radius 2 is 1.96 bits per heavy atom. The van der Waals surface area contributed by atoms with Crippen molar-refractivity contribution < 1.29 is 13.6 Å². The van der Waals surface area contributed by atoms with E-state index in [-0.39, 0.29) is 23.3 Å². The SMILES string of the molecule is Cc1c(C(=O)N[C@@H]2C[C@H]2c2ccccc2)oc2c(F)cccc12. The quantitative estimate of drug-likeness (QED) is 0.789. The van der Waals surface area contributed by atoms with Crippen LogP contribution >= 0.6 is 0 Å².